The summed E-state index contributed by atoms with van der Waals surface area (Å²) in [4.78, 5) is 14.2. The summed E-state index contributed by atoms with van der Waals surface area (Å²) >= 11 is 0. The Labute approximate surface area is 161 Å². The number of nitrogens with zero attached hydrogens (tertiary/aromatic N) is 2. The fraction of sp³-hybridized carbons (Fsp3) is 0.364. The molecule has 0 aliphatic rings. The van der Waals surface area contributed by atoms with Crippen molar-refractivity contribution in [1.29, 1.82) is 5.26 Å². The summed E-state index contributed by atoms with van der Waals surface area (Å²) in [6.45, 7) is 6.99. The Bertz CT molecular complexity index is 762. The molecule has 0 spiro atoms. The van der Waals surface area contributed by atoms with Gasteiger partial charge in [-0.1, -0.05) is 26.0 Å². The molecule has 5 heteroatoms. The topological polar surface area (TPSA) is 62.6 Å². The Morgan fingerprint density at radius 1 is 1.04 bits per heavy atom. The molecule has 0 fully saturated rings. The molecule has 0 heterocycles. The lowest BCUT2D eigenvalue weighted by molar-refractivity contribution is -0.120. The van der Waals surface area contributed by atoms with Crippen molar-refractivity contribution in [3.63, 3.8) is 0 Å². The second-order valence-corrected chi connectivity index (χ2v) is 6.39. The number of anilines is 1. The summed E-state index contributed by atoms with van der Waals surface area (Å²) in [5.74, 6) is 1.65. The molecule has 2 rings (SSSR count). The molecule has 2 aromatic rings. The van der Waals surface area contributed by atoms with Gasteiger partial charge in [-0.3, -0.25) is 4.79 Å². The molecule has 0 aliphatic carbocycles. The van der Waals surface area contributed by atoms with Crippen LogP contribution in [0.1, 0.15) is 38.7 Å². The van der Waals surface area contributed by atoms with Crippen LogP contribution in [0.5, 0.6) is 11.5 Å². The maximum atomic E-state index is 12.7. The van der Waals surface area contributed by atoms with Crippen LogP contribution >= 0.6 is 0 Å². The molecule has 5 nitrogen and oxygen atoms in total. The van der Waals surface area contributed by atoms with Crippen molar-refractivity contribution in [2.75, 3.05) is 24.7 Å². The van der Waals surface area contributed by atoms with E-state index in [4.69, 9.17) is 14.7 Å². The first kappa shape index (κ1) is 20.3. The van der Waals surface area contributed by atoms with Gasteiger partial charge in [-0.05, 0) is 54.8 Å². The van der Waals surface area contributed by atoms with Crippen LogP contribution in [-0.2, 0) is 4.79 Å². The van der Waals surface area contributed by atoms with E-state index in [1.54, 1.807) is 4.90 Å². The van der Waals surface area contributed by atoms with Gasteiger partial charge in [-0.15, -0.1) is 0 Å². The van der Waals surface area contributed by atoms with Crippen LogP contribution in [0.15, 0.2) is 48.5 Å². The van der Waals surface area contributed by atoms with Crippen LogP contribution in [0.4, 0.5) is 5.69 Å². The van der Waals surface area contributed by atoms with Gasteiger partial charge in [-0.2, -0.15) is 5.26 Å². The van der Waals surface area contributed by atoms with E-state index >= 15 is 0 Å². The molecule has 0 radical (unpaired) electrons. The van der Waals surface area contributed by atoms with Crippen molar-refractivity contribution in [3.8, 4) is 17.6 Å². The van der Waals surface area contributed by atoms with E-state index in [1.165, 1.54) is 5.56 Å². The van der Waals surface area contributed by atoms with Gasteiger partial charge < -0.3 is 14.4 Å². The number of carbonyl (C=O) groups excluding carboxylic acids is 1. The first-order chi connectivity index (χ1) is 13.0. The Hall–Kier alpha value is -3.00. The Balaban J connectivity index is 2.04. The first-order valence-electron chi connectivity index (χ1n) is 9.18. The highest BCUT2D eigenvalue weighted by molar-refractivity contribution is 5.94. The summed E-state index contributed by atoms with van der Waals surface area (Å²) in [7, 11) is 0. The van der Waals surface area contributed by atoms with E-state index in [0.29, 0.717) is 24.8 Å². The van der Waals surface area contributed by atoms with Gasteiger partial charge in [-0.25, -0.2) is 0 Å². The second kappa shape index (κ2) is 10.2. The lowest BCUT2D eigenvalue weighted by Crippen LogP contribution is -2.35. The molecule has 2 aromatic carbocycles. The van der Waals surface area contributed by atoms with Crippen LogP contribution in [0.2, 0.25) is 0 Å². The van der Waals surface area contributed by atoms with Crippen LogP contribution in [-0.4, -0.2) is 25.7 Å². The smallest absolute Gasteiger partial charge is 0.264 e. The van der Waals surface area contributed by atoms with Crippen molar-refractivity contribution < 1.29 is 14.3 Å². The highest BCUT2D eigenvalue weighted by Gasteiger charge is 2.16. The van der Waals surface area contributed by atoms with E-state index in [9.17, 15) is 4.79 Å². The standard InChI is InChI=1S/C22H26N2O3/c1-4-26-20-12-8-19(9-13-20)24(15-5-14-23)22(25)16-27-21-10-6-18(7-11-21)17(2)3/h6-13,17H,4-5,15-16H2,1-3H3. The summed E-state index contributed by atoms with van der Waals surface area (Å²) in [6.07, 6.45) is 0.252. The van der Waals surface area contributed by atoms with Crippen LogP contribution in [0, 0.1) is 11.3 Å². The Morgan fingerprint density at radius 2 is 1.63 bits per heavy atom. The average Bonchev–Trinajstić information content (AvgIpc) is 2.68. The second-order valence-electron chi connectivity index (χ2n) is 6.39. The zero-order valence-electron chi connectivity index (χ0n) is 16.1. The minimum Gasteiger partial charge on any atom is -0.494 e. The van der Waals surface area contributed by atoms with Gasteiger partial charge in [0.05, 0.1) is 19.1 Å². The molecule has 0 aromatic heterocycles. The molecule has 0 aliphatic heterocycles. The third kappa shape index (κ3) is 6.03. The number of hydrogen-bond donors (Lipinski definition) is 0. The average molecular weight is 366 g/mol. The summed E-state index contributed by atoms with van der Waals surface area (Å²) in [5.41, 5.74) is 1.94. The lowest BCUT2D eigenvalue weighted by atomic mass is 10.0. The van der Waals surface area contributed by atoms with Gasteiger partial charge in [0.25, 0.3) is 5.91 Å². The first-order valence-corrected chi connectivity index (χ1v) is 9.18. The van der Waals surface area contributed by atoms with Crippen molar-refractivity contribution in [1.82, 2.24) is 0 Å². The molecule has 0 saturated heterocycles. The molecule has 142 valence electrons. The van der Waals surface area contributed by atoms with Crippen molar-refractivity contribution in [2.45, 2.75) is 33.1 Å². The molecule has 0 N–H and O–H groups in total. The number of nitriles is 1. The van der Waals surface area contributed by atoms with Crippen LogP contribution in [0.25, 0.3) is 0 Å². The van der Waals surface area contributed by atoms with Gasteiger partial charge in [0.1, 0.15) is 11.5 Å². The maximum absolute atomic E-state index is 12.7. The SMILES string of the molecule is CCOc1ccc(N(CCC#N)C(=O)COc2ccc(C(C)C)cc2)cc1. The molecule has 0 atom stereocenters. The van der Waals surface area contributed by atoms with Crippen LogP contribution < -0.4 is 14.4 Å². The van der Waals surface area contributed by atoms with E-state index in [1.807, 2.05) is 55.5 Å². The molecular formula is C22H26N2O3. The zero-order valence-corrected chi connectivity index (χ0v) is 16.1. The third-order valence-electron chi connectivity index (χ3n) is 4.12. The fourth-order valence-electron chi connectivity index (χ4n) is 2.62. The van der Waals surface area contributed by atoms with Crippen molar-refractivity contribution >= 4 is 11.6 Å². The van der Waals surface area contributed by atoms with Gasteiger partial charge in [0.15, 0.2) is 6.61 Å². The van der Waals surface area contributed by atoms with Gasteiger partial charge in [0, 0.05) is 12.2 Å². The number of ether oxygens (including phenoxy) is 2. The minimum atomic E-state index is -0.192. The highest BCUT2D eigenvalue weighted by atomic mass is 16.5. The molecule has 0 unspecified atom stereocenters. The molecular weight excluding hydrogens is 340 g/mol. The zero-order chi connectivity index (χ0) is 19.6. The summed E-state index contributed by atoms with van der Waals surface area (Å²) in [6, 6.07) is 17.1. The Kier molecular flexibility index (Phi) is 7.69. The predicted octanol–water partition coefficient (Wildman–Crippen LogP) is 4.53. The highest BCUT2D eigenvalue weighted by Crippen LogP contribution is 2.21. The summed E-state index contributed by atoms with van der Waals surface area (Å²) < 4.78 is 11.1. The van der Waals surface area contributed by atoms with Crippen molar-refractivity contribution in [3.05, 3.63) is 54.1 Å². The number of rotatable bonds is 9. The summed E-state index contributed by atoms with van der Waals surface area (Å²) in [5, 5.41) is 8.90. The van der Waals surface area contributed by atoms with Crippen molar-refractivity contribution in [2.24, 2.45) is 0 Å². The third-order valence-corrected chi connectivity index (χ3v) is 4.12. The van der Waals surface area contributed by atoms with Crippen LogP contribution in [0.3, 0.4) is 0 Å². The molecule has 0 saturated carbocycles. The normalized spacial score (nSPS) is 10.3. The molecule has 1 amide bonds. The minimum absolute atomic E-state index is 0.0837. The number of benzene rings is 2. The van der Waals surface area contributed by atoms with Gasteiger partial charge in [0.2, 0.25) is 0 Å². The number of carbonyl (C=O) groups is 1. The maximum Gasteiger partial charge on any atom is 0.264 e. The lowest BCUT2D eigenvalue weighted by Gasteiger charge is -2.22. The largest absolute Gasteiger partial charge is 0.494 e. The molecule has 0 bridgehead atoms. The monoisotopic (exact) mass is 366 g/mol. The van der Waals surface area contributed by atoms with E-state index in [0.717, 1.165) is 11.4 Å². The quantitative estimate of drug-likeness (QED) is 0.654. The fourth-order valence-corrected chi connectivity index (χ4v) is 2.62. The van der Waals surface area contributed by atoms with E-state index in [-0.39, 0.29) is 18.9 Å². The Morgan fingerprint density at radius 3 is 2.19 bits per heavy atom. The van der Waals surface area contributed by atoms with Gasteiger partial charge >= 0.3 is 0 Å². The molecule has 27 heavy (non-hydrogen) atoms. The predicted molar refractivity (Wildman–Crippen MR) is 106 cm³/mol. The number of amides is 1. The van der Waals surface area contributed by atoms with E-state index < -0.39 is 0 Å². The number of hydrogen-bond acceptors (Lipinski definition) is 4. The van der Waals surface area contributed by atoms with E-state index in [2.05, 4.69) is 19.9 Å².